The van der Waals surface area contributed by atoms with Gasteiger partial charge in [-0.2, -0.15) is 0 Å². The summed E-state index contributed by atoms with van der Waals surface area (Å²) in [5.41, 5.74) is 0.909. The third-order valence-electron chi connectivity index (χ3n) is 4.72. The number of amides is 1. The quantitative estimate of drug-likeness (QED) is 0.431. The summed E-state index contributed by atoms with van der Waals surface area (Å²) < 4.78 is 10.6. The van der Waals surface area contributed by atoms with Gasteiger partial charge < -0.3 is 19.8 Å². The van der Waals surface area contributed by atoms with Crippen molar-refractivity contribution in [3.05, 3.63) is 52.6 Å². The molecule has 9 nitrogen and oxygen atoms in total. The van der Waals surface area contributed by atoms with Crippen molar-refractivity contribution in [2.45, 2.75) is 18.4 Å². The van der Waals surface area contributed by atoms with Crippen LogP contribution in [0, 0.1) is 0 Å². The number of aromatic amines is 1. The SMILES string of the molecule is CCN(CC(=O)Nc1ccc(SN)cc1)Cc1nc2cc(OC)c(OC)cc2c(=O)[nH]1. The number of ether oxygens (including phenoxy) is 2. The lowest BCUT2D eigenvalue weighted by atomic mass is 10.2. The van der Waals surface area contributed by atoms with Crippen molar-refractivity contribution < 1.29 is 14.3 Å². The number of rotatable bonds is 9. The Hall–Kier alpha value is -3.08. The highest BCUT2D eigenvalue weighted by atomic mass is 32.2. The largest absolute Gasteiger partial charge is 0.493 e. The standard InChI is InChI=1S/C21H25N5O4S/c1-4-26(12-20(27)23-13-5-7-14(31-22)8-6-13)11-19-24-16-10-18(30-3)17(29-2)9-15(16)21(28)25-19/h5-10H,4,11-12,22H2,1-3H3,(H,23,27)(H,24,25,28). The lowest BCUT2D eigenvalue weighted by Gasteiger charge is -2.19. The highest BCUT2D eigenvalue weighted by Gasteiger charge is 2.14. The number of carbonyl (C=O) groups excluding carboxylic acids is 1. The number of methoxy groups -OCH3 is 2. The van der Waals surface area contributed by atoms with E-state index in [1.807, 2.05) is 24.0 Å². The second-order valence-electron chi connectivity index (χ2n) is 6.73. The molecule has 1 amide bonds. The third kappa shape index (κ3) is 5.54. The Morgan fingerprint density at radius 1 is 1.19 bits per heavy atom. The van der Waals surface area contributed by atoms with E-state index < -0.39 is 0 Å². The van der Waals surface area contributed by atoms with Gasteiger partial charge in [0.25, 0.3) is 5.56 Å². The highest BCUT2D eigenvalue weighted by Crippen LogP contribution is 2.29. The molecule has 0 atom stereocenters. The van der Waals surface area contributed by atoms with Crippen LogP contribution in [0.3, 0.4) is 0 Å². The Kier molecular flexibility index (Phi) is 7.50. The van der Waals surface area contributed by atoms with E-state index in [1.54, 1.807) is 24.3 Å². The van der Waals surface area contributed by atoms with Crippen molar-refractivity contribution in [1.82, 2.24) is 14.9 Å². The van der Waals surface area contributed by atoms with Gasteiger partial charge in [-0.3, -0.25) is 19.6 Å². The second kappa shape index (κ2) is 10.3. The number of H-pyrrole nitrogens is 1. The fourth-order valence-corrected chi connectivity index (χ4v) is 3.39. The fourth-order valence-electron chi connectivity index (χ4n) is 3.10. The lowest BCUT2D eigenvalue weighted by molar-refractivity contribution is -0.117. The van der Waals surface area contributed by atoms with Gasteiger partial charge in [0.15, 0.2) is 11.5 Å². The minimum atomic E-state index is -0.278. The molecular weight excluding hydrogens is 418 g/mol. The van der Waals surface area contributed by atoms with Gasteiger partial charge in [0.1, 0.15) is 5.82 Å². The molecular formula is C21H25N5O4S. The number of nitrogens with two attached hydrogens (primary N) is 1. The zero-order valence-electron chi connectivity index (χ0n) is 17.6. The van der Waals surface area contributed by atoms with Gasteiger partial charge in [-0.05, 0) is 48.8 Å². The first-order valence-corrected chi connectivity index (χ1v) is 10.5. The molecule has 0 aliphatic heterocycles. The molecule has 10 heteroatoms. The number of benzene rings is 2. The highest BCUT2D eigenvalue weighted by molar-refractivity contribution is 7.97. The maximum atomic E-state index is 12.6. The molecule has 0 aliphatic rings. The van der Waals surface area contributed by atoms with Crippen LogP contribution in [0.1, 0.15) is 12.7 Å². The van der Waals surface area contributed by atoms with Crippen LogP contribution in [0.25, 0.3) is 10.9 Å². The molecule has 0 saturated carbocycles. The Balaban J connectivity index is 1.74. The van der Waals surface area contributed by atoms with E-state index in [9.17, 15) is 9.59 Å². The van der Waals surface area contributed by atoms with Crippen molar-refractivity contribution in [3.8, 4) is 11.5 Å². The molecule has 3 rings (SSSR count). The number of fused-ring (bicyclic) bond motifs is 1. The molecule has 2 aromatic carbocycles. The Morgan fingerprint density at radius 2 is 1.87 bits per heavy atom. The monoisotopic (exact) mass is 443 g/mol. The van der Waals surface area contributed by atoms with Crippen LogP contribution < -0.4 is 25.5 Å². The van der Waals surface area contributed by atoms with Gasteiger partial charge in [0.05, 0.1) is 38.2 Å². The summed E-state index contributed by atoms with van der Waals surface area (Å²) in [5, 5.41) is 8.78. The van der Waals surface area contributed by atoms with E-state index in [4.69, 9.17) is 14.6 Å². The smallest absolute Gasteiger partial charge is 0.258 e. The number of nitrogens with zero attached hydrogens (tertiary/aromatic N) is 2. The van der Waals surface area contributed by atoms with Crippen molar-refractivity contribution >= 4 is 34.4 Å². The normalized spacial score (nSPS) is 11.0. The van der Waals surface area contributed by atoms with Gasteiger partial charge in [-0.25, -0.2) is 4.98 Å². The van der Waals surface area contributed by atoms with E-state index in [0.29, 0.717) is 47.0 Å². The van der Waals surface area contributed by atoms with Crippen LogP contribution in [-0.2, 0) is 11.3 Å². The first kappa shape index (κ1) is 22.6. The summed E-state index contributed by atoms with van der Waals surface area (Å²) in [6.45, 7) is 3.00. The molecule has 0 spiro atoms. The number of likely N-dealkylation sites (N-methyl/N-ethyl adjacent to an activating group) is 1. The van der Waals surface area contributed by atoms with Crippen molar-refractivity contribution in [2.24, 2.45) is 5.14 Å². The van der Waals surface area contributed by atoms with E-state index >= 15 is 0 Å². The zero-order valence-corrected chi connectivity index (χ0v) is 18.4. The summed E-state index contributed by atoms with van der Waals surface area (Å²) in [5.74, 6) is 1.25. The van der Waals surface area contributed by atoms with Crippen LogP contribution in [0.4, 0.5) is 5.69 Å². The van der Waals surface area contributed by atoms with Crippen molar-refractivity contribution in [1.29, 1.82) is 0 Å². The number of nitrogens with one attached hydrogen (secondary N) is 2. The predicted molar refractivity (Wildman–Crippen MR) is 122 cm³/mol. The van der Waals surface area contributed by atoms with Gasteiger partial charge >= 0.3 is 0 Å². The molecule has 0 bridgehead atoms. The topological polar surface area (TPSA) is 123 Å². The molecule has 0 aliphatic carbocycles. The number of hydrogen-bond acceptors (Lipinski definition) is 8. The number of hydrogen-bond donors (Lipinski definition) is 3. The van der Waals surface area contributed by atoms with Crippen molar-refractivity contribution in [3.63, 3.8) is 0 Å². The van der Waals surface area contributed by atoms with Gasteiger partial charge in [-0.1, -0.05) is 6.92 Å². The third-order valence-corrected chi connectivity index (χ3v) is 5.27. The summed E-state index contributed by atoms with van der Waals surface area (Å²) in [7, 11) is 3.03. The minimum Gasteiger partial charge on any atom is -0.493 e. The van der Waals surface area contributed by atoms with Crippen LogP contribution in [-0.4, -0.2) is 48.1 Å². The molecule has 0 saturated heterocycles. The number of carbonyl (C=O) groups is 1. The van der Waals surface area contributed by atoms with E-state index in [1.165, 1.54) is 14.2 Å². The first-order chi connectivity index (χ1) is 15.0. The van der Waals surface area contributed by atoms with Crippen LogP contribution in [0.5, 0.6) is 11.5 Å². The second-order valence-corrected chi connectivity index (χ2v) is 7.44. The van der Waals surface area contributed by atoms with Gasteiger partial charge in [0, 0.05) is 16.6 Å². The molecule has 4 N–H and O–H groups in total. The number of anilines is 1. The Labute approximate surface area is 184 Å². The summed E-state index contributed by atoms with van der Waals surface area (Å²) in [4.78, 5) is 35.1. The molecule has 3 aromatic rings. The molecule has 0 unspecified atom stereocenters. The van der Waals surface area contributed by atoms with Gasteiger partial charge in [-0.15, -0.1) is 0 Å². The zero-order chi connectivity index (χ0) is 22.4. The first-order valence-electron chi connectivity index (χ1n) is 9.61. The number of aromatic nitrogens is 2. The van der Waals surface area contributed by atoms with Crippen LogP contribution in [0.15, 0.2) is 46.1 Å². The summed E-state index contributed by atoms with van der Waals surface area (Å²) in [6.07, 6.45) is 0. The molecule has 1 aromatic heterocycles. The van der Waals surface area contributed by atoms with Crippen molar-refractivity contribution in [2.75, 3.05) is 32.6 Å². The molecule has 0 fully saturated rings. The van der Waals surface area contributed by atoms with E-state index in [0.717, 1.165) is 16.8 Å². The lowest BCUT2D eigenvalue weighted by Crippen LogP contribution is -2.33. The van der Waals surface area contributed by atoms with E-state index in [-0.39, 0.29) is 18.0 Å². The maximum absolute atomic E-state index is 12.6. The predicted octanol–water partition coefficient (Wildman–Crippen LogP) is 2.37. The van der Waals surface area contributed by atoms with E-state index in [2.05, 4.69) is 15.3 Å². The fraction of sp³-hybridized carbons (Fsp3) is 0.286. The summed E-state index contributed by atoms with van der Waals surface area (Å²) in [6, 6.07) is 10.5. The Morgan fingerprint density at radius 3 is 2.48 bits per heavy atom. The maximum Gasteiger partial charge on any atom is 0.258 e. The minimum absolute atomic E-state index is 0.150. The average molecular weight is 444 g/mol. The molecule has 1 heterocycles. The Bertz CT molecular complexity index is 1120. The van der Waals surface area contributed by atoms with Crippen LogP contribution >= 0.6 is 11.9 Å². The van der Waals surface area contributed by atoms with Gasteiger partial charge in [0.2, 0.25) is 5.91 Å². The molecule has 164 valence electrons. The molecule has 31 heavy (non-hydrogen) atoms. The average Bonchev–Trinajstić information content (AvgIpc) is 2.78. The van der Waals surface area contributed by atoms with Crippen LogP contribution in [0.2, 0.25) is 0 Å². The summed E-state index contributed by atoms with van der Waals surface area (Å²) >= 11 is 1.15. The molecule has 0 radical (unpaired) electrons.